The molecule has 7 nitrogen and oxygen atoms in total. The minimum absolute atomic E-state index is 0.155. The van der Waals surface area contributed by atoms with Crippen LogP contribution < -0.4 is 14.8 Å². The number of fused-ring (bicyclic) bond motifs is 1. The highest BCUT2D eigenvalue weighted by atomic mass is 32.2. The zero-order valence-electron chi connectivity index (χ0n) is 12.3. The zero-order valence-corrected chi connectivity index (χ0v) is 13.1. The molecule has 8 heteroatoms. The maximum Gasteiger partial charge on any atom is 0.293 e. The molecule has 0 unspecified atom stereocenters. The van der Waals surface area contributed by atoms with Crippen LogP contribution in [0.5, 0.6) is 11.5 Å². The van der Waals surface area contributed by atoms with Crippen molar-refractivity contribution in [3.05, 3.63) is 28.7 Å². The van der Waals surface area contributed by atoms with Crippen molar-refractivity contribution in [2.24, 2.45) is 0 Å². The van der Waals surface area contributed by atoms with Crippen LogP contribution in [0.3, 0.4) is 0 Å². The second-order valence-electron chi connectivity index (χ2n) is 4.93. The fourth-order valence-corrected chi connectivity index (χ4v) is 3.06. The van der Waals surface area contributed by atoms with Crippen molar-refractivity contribution in [3.63, 3.8) is 0 Å². The Labute approximate surface area is 136 Å². The fourth-order valence-electron chi connectivity index (χ4n) is 2.19. The summed E-state index contributed by atoms with van der Waals surface area (Å²) >= 11 is 0.883. The monoisotopic (exact) mass is 334 g/mol. The number of hydrogen-bond donors (Lipinski definition) is 1. The molecule has 1 aromatic carbocycles. The third kappa shape index (κ3) is 3.31. The van der Waals surface area contributed by atoms with Crippen molar-refractivity contribution < 1.29 is 23.9 Å². The second-order valence-corrected chi connectivity index (χ2v) is 5.92. The van der Waals surface area contributed by atoms with E-state index in [0.717, 1.165) is 22.2 Å². The first-order chi connectivity index (χ1) is 11.0. The lowest BCUT2D eigenvalue weighted by molar-refractivity contribution is -0.123. The third-order valence-corrected chi connectivity index (χ3v) is 4.18. The van der Waals surface area contributed by atoms with Gasteiger partial charge in [-0.1, -0.05) is 6.07 Å². The predicted molar refractivity (Wildman–Crippen MR) is 83.9 cm³/mol. The normalized spacial score (nSPS) is 18.0. The van der Waals surface area contributed by atoms with Gasteiger partial charge >= 0.3 is 0 Å². The number of rotatable bonds is 4. The lowest BCUT2D eigenvalue weighted by atomic mass is 10.2. The lowest BCUT2D eigenvalue weighted by Gasteiger charge is -2.12. The maximum atomic E-state index is 12.3. The number of amides is 3. The largest absolute Gasteiger partial charge is 0.454 e. The molecule has 2 heterocycles. The van der Waals surface area contributed by atoms with E-state index in [-0.39, 0.29) is 36.9 Å². The molecule has 0 saturated carbocycles. The Balaban J connectivity index is 1.72. The number of imide groups is 1. The number of nitrogens with one attached hydrogen (secondary N) is 1. The first-order valence-electron chi connectivity index (χ1n) is 6.94. The molecule has 1 fully saturated rings. The van der Waals surface area contributed by atoms with Crippen molar-refractivity contribution in [1.82, 2.24) is 10.2 Å². The number of carbonyl (C=O) groups excluding carboxylic acids is 3. The molecule has 0 bridgehead atoms. The average Bonchev–Trinajstić information content (AvgIpc) is 3.06. The first kappa shape index (κ1) is 15.4. The van der Waals surface area contributed by atoms with Crippen LogP contribution in [0.2, 0.25) is 0 Å². The molecule has 0 aliphatic carbocycles. The highest BCUT2D eigenvalue weighted by Gasteiger charge is 2.34. The van der Waals surface area contributed by atoms with Gasteiger partial charge in [0.1, 0.15) is 0 Å². The number of nitrogens with zero attached hydrogens (tertiary/aromatic N) is 1. The summed E-state index contributed by atoms with van der Waals surface area (Å²) < 4.78 is 10.5. The van der Waals surface area contributed by atoms with E-state index in [1.165, 1.54) is 6.92 Å². The Morgan fingerprint density at radius 1 is 1.35 bits per heavy atom. The average molecular weight is 334 g/mol. The number of ether oxygens (including phenoxy) is 2. The molecular formula is C15H14N2O5S. The molecule has 2 aliphatic heterocycles. The Bertz CT molecular complexity index is 716. The van der Waals surface area contributed by atoms with Gasteiger partial charge in [0.15, 0.2) is 11.5 Å². The van der Waals surface area contributed by atoms with E-state index in [1.54, 1.807) is 24.3 Å². The molecule has 23 heavy (non-hydrogen) atoms. The minimum Gasteiger partial charge on any atom is -0.454 e. The van der Waals surface area contributed by atoms with E-state index >= 15 is 0 Å². The van der Waals surface area contributed by atoms with E-state index < -0.39 is 0 Å². The van der Waals surface area contributed by atoms with Gasteiger partial charge < -0.3 is 14.8 Å². The Hall–Kier alpha value is -2.48. The van der Waals surface area contributed by atoms with E-state index in [4.69, 9.17) is 9.47 Å². The van der Waals surface area contributed by atoms with Gasteiger partial charge in [0.2, 0.25) is 12.7 Å². The first-order valence-corrected chi connectivity index (χ1v) is 7.76. The fraction of sp³-hybridized carbons (Fsp3) is 0.267. The minimum atomic E-state index is -0.358. The summed E-state index contributed by atoms with van der Waals surface area (Å²) in [4.78, 5) is 36.5. The second kappa shape index (κ2) is 6.33. The number of carbonyl (C=O) groups is 3. The molecule has 0 spiro atoms. The molecule has 3 amide bonds. The molecule has 1 aromatic rings. The quantitative estimate of drug-likeness (QED) is 0.842. The Morgan fingerprint density at radius 2 is 2.13 bits per heavy atom. The van der Waals surface area contributed by atoms with Gasteiger partial charge in [-0.2, -0.15) is 0 Å². The SMILES string of the molecule is CC(=O)NCCN1C(=O)S/C(=C\c2ccc3c(c2)OCO3)C1=O. The highest BCUT2D eigenvalue weighted by Crippen LogP contribution is 2.36. The third-order valence-electron chi connectivity index (χ3n) is 3.28. The van der Waals surface area contributed by atoms with Gasteiger partial charge in [0.25, 0.3) is 11.1 Å². The Morgan fingerprint density at radius 3 is 2.91 bits per heavy atom. The molecule has 0 radical (unpaired) electrons. The van der Waals surface area contributed by atoms with Gasteiger partial charge in [0, 0.05) is 20.0 Å². The van der Waals surface area contributed by atoms with Crippen LogP contribution >= 0.6 is 11.8 Å². The van der Waals surface area contributed by atoms with Crippen molar-refractivity contribution in [2.75, 3.05) is 19.9 Å². The lowest BCUT2D eigenvalue weighted by Crippen LogP contribution is -2.36. The molecule has 3 rings (SSSR count). The van der Waals surface area contributed by atoms with Crippen LogP contribution in [0.1, 0.15) is 12.5 Å². The van der Waals surface area contributed by atoms with E-state index in [0.29, 0.717) is 16.4 Å². The van der Waals surface area contributed by atoms with Gasteiger partial charge in [-0.3, -0.25) is 19.3 Å². The molecule has 0 aromatic heterocycles. The van der Waals surface area contributed by atoms with Gasteiger partial charge in [-0.25, -0.2) is 0 Å². The van der Waals surface area contributed by atoms with Crippen molar-refractivity contribution in [3.8, 4) is 11.5 Å². The number of thioether (sulfide) groups is 1. The number of hydrogen-bond acceptors (Lipinski definition) is 6. The molecule has 2 aliphatic rings. The Kier molecular flexibility index (Phi) is 4.24. The maximum absolute atomic E-state index is 12.3. The zero-order chi connectivity index (χ0) is 16.4. The standard InChI is InChI=1S/C15H14N2O5S/c1-9(18)16-4-5-17-14(19)13(23-15(17)20)7-10-2-3-11-12(6-10)22-8-21-11/h2-3,6-7H,4-5,8H2,1H3,(H,16,18)/b13-7-. The molecule has 0 atom stereocenters. The van der Waals surface area contributed by atoms with Crippen molar-refractivity contribution >= 4 is 34.9 Å². The van der Waals surface area contributed by atoms with Crippen LogP contribution in [0, 0.1) is 0 Å². The van der Waals surface area contributed by atoms with Crippen LogP contribution in [-0.2, 0) is 9.59 Å². The van der Waals surface area contributed by atoms with Crippen molar-refractivity contribution in [2.45, 2.75) is 6.92 Å². The van der Waals surface area contributed by atoms with Crippen molar-refractivity contribution in [1.29, 1.82) is 0 Å². The topological polar surface area (TPSA) is 84.9 Å². The van der Waals surface area contributed by atoms with Gasteiger partial charge in [0.05, 0.1) is 4.91 Å². The van der Waals surface area contributed by atoms with E-state index in [2.05, 4.69) is 5.32 Å². The molecular weight excluding hydrogens is 320 g/mol. The van der Waals surface area contributed by atoms with E-state index in [1.807, 2.05) is 0 Å². The predicted octanol–water partition coefficient (Wildman–Crippen LogP) is 1.59. The highest BCUT2D eigenvalue weighted by molar-refractivity contribution is 8.18. The molecule has 1 saturated heterocycles. The summed E-state index contributed by atoms with van der Waals surface area (Å²) in [5, 5.41) is 2.22. The summed E-state index contributed by atoms with van der Waals surface area (Å²) in [6.45, 7) is 1.96. The van der Waals surface area contributed by atoms with Crippen LogP contribution in [0.4, 0.5) is 4.79 Å². The van der Waals surface area contributed by atoms with Gasteiger partial charge in [-0.15, -0.1) is 0 Å². The summed E-state index contributed by atoms with van der Waals surface area (Å²) in [7, 11) is 0. The summed E-state index contributed by atoms with van der Waals surface area (Å²) in [5.41, 5.74) is 0.751. The smallest absolute Gasteiger partial charge is 0.293 e. The van der Waals surface area contributed by atoms with Crippen LogP contribution in [0.15, 0.2) is 23.1 Å². The van der Waals surface area contributed by atoms with Crippen LogP contribution in [0.25, 0.3) is 6.08 Å². The van der Waals surface area contributed by atoms with E-state index in [9.17, 15) is 14.4 Å². The van der Waals surface area contributed by atoms with Crippen LogP contribution in [-0.4, -0.2) is 41.8 Å². The van der Waals surface area contributed by atoms with Gasteiger partial charge in [-0.05, 0) is 35.5 Å². The molecule has 120 valence electrons. The number of benzene rings is 1. The molecule has 1 N–H and O–H groups in total. The summed E-state index contributed by atoms with van der Waals surface area (Å²) in [6.07, 6.45) is 1.64. The summed E-state index contributed by atoms with van der Waals surface area (Å²) in [5.74, 6) is 0.713. The summed E-state index contributed by atoms with van der Waals surface area (Å²) in [6, 6.07) is 5.31.